The Morgan fingerprint density at radius 3 is 2.70 bits per heavy atom. The van der Waals surface area contributed by atoms with E-state index in [1.54, 1.807) is 18.2 Å². The fourth-order valence-electron chi connectivity index (χ4n) is 1.70. The van der Waals surface area contributed by atoms with Gasteiger partial charge >= 0.3 is 5.97 Å². The lowest BCUT2D eigenvalue weighted by Gasteiger charge is -2.08. The van der Waals surface area contributed by atoms with Gasteiger partial charge in [-0.3, -0.25) is 9.59 Å². The molecule has 0 aliphatic heterocycles. The number of aromatic amines is 1. The van der Waals surface area contributed by atoms with Crippen LogP contribution in [0, 0.1) is 0 Å². The molecule has 1 aromatic heterocycles. The molecule has 2 N–H and O–H groups in total. The number of ether oxygens (including phenoxy) is 1. The molecule has 0 saturated heterocycles. The number of esters is 1. The summed E-state index contributed by atoms with van der Waals surface area (Å²) < 4.78 is 4.78. The summed E-state index contributed by atoms with van der Waals surface area (Å²) in [5.41, 5.74) is -0.0675. The minimum atomic E-state index is -0.869. The molecule has 0 atom stereocenters. The number of H-pyrrole nitrogens is 1. The highest BCUT2D eigenvalue weighted by molar-refractivity contribution is 6.35. The fraction of sp³-hybridized carbons (Fsp3) is 0.133. The first-order valence-electron chi connectivity index (χ1n) is 6.53. The van der Waals surface area contributed by atoms with Crippen molar-refractivity contribution in [2.75, 3.05) is 6.61 Å². The fourth-order valence-corrected chi connectivity index (χ4v) is 2.18. The van der Waals surface area contributed by atoms with Gasteiger partial charge in [-0.15, -0.1) is 0 Å². The van der Waals surface area contributed by atoms with Crippen LogP contribution >= 0.6 is 23.2 Å². The molecule has 8 heteroatoms. The Kier molecular flexibility index (Phi) is 5.78. The van der Waals surface area contributed by atoms with Crippen LogP contribution in [0.3, 0.4) is 0 Å². The number of benzene rings is 1. The molecule has 0 bridgehead atoms. The van der Waals surface area contributed by atoms with Gasteiger partial charge in [0.15, 0.2) is 6.61 Å². The maximum absolute atomic E-state index is 11.7. The molecule has 0 saturated carbocycles. The molecule has 6 nitrogen and oxygen atoms in total. The van der Waals surface area contributed by atoms with Gasteiger partial charge in [-0.2, -0.15) is 0 Å². The Balaban J connectivity index is 1.85. The minimum Gasteiger partial charge on any atom is -0.452 e. The van der Waals surface area contributed by atoms with Crippen molar-refractivity contribution in [3.63, 3.8) is 0 Å². The van der Waals surface area contributed by atoms with E-state index in [2.05, 4.69) is 10.3 Å². The lowest BCUT2D eigenvalue weighted by atomic mass is 10.2. The third-order valence-corrected chi connectivity index (χ3v) is 3.45. The zero-order valence-corrected chi connectivity index (χ0v) is 13.3. The second kappa shape index (κ2) is 7.80. The van der Waals surface area contributed by atoms with E-state index >= 15 is 0 Å². The van der Waals surface area contributed by atoms with Gasteiger partial charge in [0.2, 0.25) is 0 Å². The molecule has 2 aromatic rings. The Morgan fingerprint density at radius 1 is 1.22 bits per heavy atom. The van der Waals surface area contributed by atoms with E-state index in [0.717, 1.165) is 0 Å². The van der Waals surface area contributed by atoms with E-state index in [-0.39, 0.29) is 12.1 Å². The summed E-state index contributed by atoms with van der Waals surface area (Å²) in [7, 11) is 0. The summed E-state index contributed by atoms with van der Waals surface area (Å²) in [5.74, 6) is -1.39. The zero-order valence-electron chi connectivity index (χ0n) is 11.8. The van der Waals surface area contributed by atoms with Crippen molar-refractivity contribution >= 4 is 35.1 Å². The number of nitrogens with one attached hydrogen (secondary N) is 2. The van der Waals surface area contributed by atoms with Gasteiger partial charge in [0, 0.05) is 22.8 Å². The highest BCUT2D eigenvalue weighted by Crippen LogP contribution is 2.20. The number of rotatable bonds is 5. The SMILES string of the molecule is O=C(COC(=O)c1ccc[nH]c1=O)NCc1ccc(Cl)cc1Cl. The van der Waals surface area contributed by atoms with Gasteiger partial charge in [-0.25, -0.2) is 4.79 Å². The van der Waals surface area contributed by atoms with Crippen LogP contribution in [0.4, 0.5) is 0 Å². The highest BCUT2D eigenvalue weighted by atomic mass is 35.5. The molecular formula is C15H12Cl2N2O4. The Hall–Kier alpha value is -2.31. The molecular weight excluding hydrogens is 343 g/mol. The average Bonchev–Trinajstić information content (AvgIpc) is 2.52. The average molecular weight is 355 g/mol. The van der Waals surface area contributed by atoms with Crippen LogP contribution in [0.2, 0.25) is 10.0 Å². The first kappa shape index (κ1) is 17.1. The topological polar surface area (TPSA) is 88.3 Å². The van der Waals surface area contributed by atoms with Crippen molar-refractivity contribution in [3.8, 4) is 0 Å². The third kappa shape index (κ3) is 4.84. The van der Waals surface area contributed by atoms with Crippen molar-refractivity contribution in [2.45, 2.75) is 6.54 Å². The Bertz CT molecular complexity index is 789. The number of amides is 1. The summed E-state index contributed by atoms with van der Waals surface area (Å²) in [6.07, 6.45) is 1.39. The van der Waals surface area contributed by atoms with E-state index in [4.69, 9.17) is 27.9 Å². The predicted molar refractivity (Wildman–Crippen MR) is 85.7 cm³/mol. The maximum Gasteiger partial charge on any atom is 0.344 e. The summed E-state index contributed by atoms with van der Waals surface area (Å²) >= 11 is 11.8. The van der Waals surface area contributed by atoms with Gasteiger partial charge in [-0.1, -0.05) is 29.3 Å². The summed E-state index contributed by atoms with van der Waals surface area (Å²) in [5, 5.41) is 3.47. The molecule has 1 amide bonds. The van der Waals surface area contributed by atoms with Crippen LogP contribution < -0.4 is 10.9 Å². The molecule has 0 unspecified atom stereocenters. The number of pyridine rings is 1. The monoisotopic (exact) mass is 354 g/mol. The standard InChI is InChI=1S/C15H12Cl2N2O4/c16-10-4-3-9(12(17)6-10)7-19-13(20)8-23-15(22)11-2-1-5-18-14(11)21/h1-6H,7-8H2,(H,18,21)(H,19,20). The van der Waals surface area contributed by atoms with Gasteiger partial charge in [-0.05, 0) is 29.8 Å². The third-order valence-electron chi connectivity index (χ3n) is 2.86. The normalized spacial score (nSPS) is 10.2. The molecule has 0 spiro atoms. The Labute approximate surface area is 141 Å². The highest BCUT2D eigenvalue weighted by Gasteiger charge is 2.13. The summed E-state index contributed by atoms with van der Waals surface area (Å²) in [6.45, 7) is -0.337. The predicted octanol–water partition coefficient (Wildman–Crippen LogP) is 2.15. The van der Waals surface area contributed by atoms with Crippen LogP contribution in [0.15, 0.2) is 41.3 Å². The second-order valence-electron chi connectivity index (χ2n) is 4.50. The molecule has 1 aromatic carbocycles. The number of carbonyl (C=O) groups is 2. The lowest BCUT2D eigenvalue weighted by molar-refractivity contribution is -0.124. The molecule has 2 rings (SSSR count). The second-order valence-corrected chi connectivity index (χ2v) is 5.35. The van der Waals surface area contributed by atoms with E-state index < -0.39 is 24.0 Å². The van der Waals surface area contributed by atoms with Gasteiger partial charge < -0.3 is 15.0 Å². The van der Waals surface area contributed by atoms with Crippen molar-refractivity contribution < 1.29 is 14.3 Å². The van der Waals surface area contributed by atoms with E-state index in [0.29, 0.717) is 15.6 Å². The Morgan fingerprint density at radius 2 is 2.00 bits per heavy atom. The molecule has 0 radical (unpaired) electrons. The van der Waals surface area contributed by atoms with Crippen LogP contribution in [-0.2, 0) is 16.1 Å². The number of carbonyl (C=O) groups excluding carboxylic acids is 2. The number of aromatic nitrogens is 1. The van der Waals surface area contributed by atoms with Gasteiger partial charge in [0.25, 0.3) is 11.5 Å². The van der Waals surface area contributed by atoms with Crippen molar-refractivity contribution in [3.05, 3.63) is 68.1 Å². The molecule has 0 aliphatic carbocycles. The number of hydrogen-bond acceptors (Lipinski definition) is 4. The van der Waals surface area contributed by atoms with Crippen LogP contribution in [0.1, 0.15) is 15.9 Å². The van der Waals surface area contributed by atoms with E-state index in [1.165, 1.54) is 18.3 Å². The van der Waals surface area contributed by atoms with Crippen LogP contribution in [0.5, 0.6) is 0 Å². The lowest BCUT2D eigenvalue weighted by Crippen LogP contribution is -2.29. The molecule has 23 heavy (non-hydrogen) atoms. The molecule has 0 aliphatic rings. The van der Waals surface area contributed by atoms with Crippen molar-refractivity contribution in [2.24, 2.45) is 0 Å². The van der Waals surface area contributed by atoms with Gasteiger partial charge in [0.05, 0.1) is 0 Å². The smallest absolute Gasteiger partial charge is 0.344 e. The molecule has 120 valence electrons. The van der Waals surface area contributed by atoms with Crippen LogP contribution in [-0.4, -0.2) is 23.5 Å². The number of hydrogen-bond donors (Lipinski definition) is 2. The molecule has 0 fully saturated rings. The van der Waals surface area contributed by atoms with Crippen molar-refractivity contribution in [1.82, 2.24) is 10.3 Å². The maximum atomic E-state index is 11.7. The first-order valence-corrected chi connectivity index (χ1v) is 7.28. The van der Waals surface area contributed by atoms with Crippen LogP contribution in [0.25, 0.3) is 0 Å². The van der Waals surface area contributed by atoms with E-state index in [9.17, 15) is 14.4 Å². The summed E-state index contributed by atoms with van der Waals surface area (Å²) in [4.78, 5) is 37.1. The summed E-state index contributed by atoms with van der Waals surface area (Å²) in [6, 6.07) is 7.69. The zero-order chi connectivity index (χ0) is 16.8. The minimum absolute atomic E-state index is 0.165. The number of halogens is 2. The molecule has 1 heterocycles. The van der Waals surface area contributed by atoms with E-state index in [1.807, 2.05) is 0 Å². The quantitative estimate of drug-likeness (QED) is 0.805. The van der Waals surface area contributed by atoms with Crippen molar-refractivity contribution in [1.29, 1.82) is 0 Å². The van der Waals surface area contributed by atoms with Gasteiger partial charge in [0.1, 0.15) is 5.56 Å². The largest absolute Gasteiger partial charge is 0.452 e. The first-order chi connectivity index (χ1) is 11.0.